The Balaban J connectivity index is 1.64. The predicted molar refractivity (Wildman–Crippen MR) is 85.6 cm³/mol. The zero-order valence-electron chi connectivity index (χ0n) is 11.7. The molecular formula is C17H13ClN2O2. The van der Waals surface area contributed by atoms with Crippen LogP contribution in [0.3, 0.4) is 0 Å². The Bertz CT molecular complexity index is 799. The number of hydrogen-bond acceptors (Lipinski definition) is 2. The van der Waals surface area contributed by atoms with Gasteiger partial charge in [-0.1, -0.05) is 11.6 Å². The van der Waals surface area contributed by atoms with Crippen molar-refractivity contribution in [1.82, 2.24) is 0 Å². The zero-order valence-corrected chi connectivity index (χ0v) is 12.5. The fourth-order valence-electron chi connectivity index (χ4n) is 3.15. The van der Waals surface area contributed by atoms with Gasteiger partial charge in [-0.25, -0.2) is 0 Å². The zero-order chi connectivity index (χ0) is 15.3. The molecule has 2 aromatic rings. The lowest BCUT2D eigenvalue weighted by atomic mass is 10.0. The molecule has 0 atom stereocenters. The Morgan fingerprint density at radius 2 is 1.86 bits per heavy atom. The Morgan fingerprint density at radius 1 is 1.14 bits per heavy atom. The van der Waals surface area contributed by atoms with Crippen LogP contribution in [0, 0.1) is 0 Å². The van der Waals surface area contributed by atoms with Crippen molar-refractivity contribution in [3.63, 3.8) is 0 Å². The number of amides is 2. The van der Waals surface area contributed by atoms with E-state index in [2.05, 4.69) is 5.32 Å². The topological polar surface area (TPSA) is 49.4 Å². The summed E-state index contributed by atoms with van der Waals surface area (Å²) in [6, 6.07) is 10.7. The first kappa shape index (κ1) is 13.3. The van der Waals surface area contributed by atoms with Crippen molar-refractivity contribution < 1.29 is 9.59 Å². The van der Waals surface area contributed by atoms with Gasteiger partial charge in [0.05, 0.1) is 12.1 Å². The first-order chi connectivity index (χ1) is 10.6. The van der Waals surface area contributed by atoms with Gasteiger partial charge in [0.2, 0.25) is 5.91 Å². The smallest absolute Gasteiger partial charge is 0.255 e. The number of anilines is 2. The second kappa shape index (κ2) is 4.85. The number of nitrogens with one attached hydrogen (secondary N) is 1. The van der Waals surface area contributed by atoms with Crippen molar-refractivity contribution in [3.05, 3.63) is 58.1 Å². The van der Waals surface area contributed by atoms with Crippen LogP contribution >= 0.6 is 11.6 Å². The highest BCUT2D eigenvalue weighted by atomic mass is 35.5. The number of halogens is 1. The van der Waals surface area contributed by atoms with Crippen LogP contribution in [0.2, 0.25) is 5.02 Å². The van der Waals surface area contributed by atoms with Crippen molar-refractivity contribution >= 4 is 34.8 Å². The Hall–Kier alpha value is -2.33. The number of rotatable bonds is 2. The van der Waals surface area contributed by atoms with Gasteiger partial charge in [0.25, 0.3) is 5.91 Å². The minimum Gasteiger partial charge on any atom is -0.322 e. The standard InChI is InChI=1S/C17H13ClN2O2/c18-13-1-3-14(4-2-13)19-17(22)12-7-10-5-6-20-15(21)9-11(8-12)16(10)20/h1-4,7-8H,5-6,9H2,(H,19,22). The first-order valence-electron chi connectivity index (χ1n) is 7.15. The van der Waals surface area contributed by atoms with E-state index in [0.29, 0.717) is 22.7 Å². The summed E-state index contributed by atoms with van der Waals surface area (Å²) in [5.74, 6) is -0.0387. The molecule has 22 heavy (non-hydrogen) atoms. The van der Waals surface area contributed by atoms with E-state index in [4.69, 9.17) is 11.6 Å². The van der Waals surface area contributed by atoms with Crippen molar-refractivity contribution in [2.75, 3.05) is 16.8 Å². The van der Waals surface area contributed by atoms with Crippen molar-refractivity contribution in [2.24, 2.45) is 0 Å². The summed E-state index contributed by atoms with van der Waals surface area (Å²) in [7, 11) is 0. The molecule has 5 heteroatoms. The van der Waals surface area contributed by atoms with Gasteiger partial charge in [0.1, 0.15) is 0 Å². The lowest BCUT2D eigenvalue weighted by molar-refractivity contribution is -0.117. The summed E-state index contributed by atoms with van der Waals surface area (Å²) in [5.41, 5.74) is 4.36. The van der Waals surface area contributed by atoms with E-state index in [1.165, 1.54) is 0 Å². The molecule has 2 amide bonds. The molecule has 0 spiro atoms. The van der Waals surface area contributed by atoms with Crippen molar-refractivity contribution in [3.8, 4) is 0 Å². The number of nitrogens with zero attached hydrogens (tertiary/aromatic N) is 1. The molecule has 1 N–H and O–H groups in total. The summed E-state index contributed by atoms with van der Waals surface area (Å²) in [4.78, 5) is 26.2. The average molecular weight is 313 g/mol. The third-order valence-electron chi connectivity index (χ3n) is 4.15. The minimum atomic E-state index is -0.167. The SMILES string of the molecule is O=C(Nc1ccc(Cl)cc1)c1cc2c3c(c1)CC(=O)N3CC2. The third kappa shape index (κ3) is 2.07. The van der Waals surface area contributed by atoms with Crippen LogP contribution in [0.25, 0.3) is 0 Å². The first-order valence-corrected chi connectivity index (χ1v) is 7.53. The number of hydrogen-bond donors (Lipinski definition) is 1. The highest BCUT2D eigenvalue weighted by Crippen LogP contribution is 2.38. The highest BCUT2D eigenvalue weighted by Gasteiger charge is 2.34. The van der Waals surface area contributed by atoms with E-state index in [0.717, 1.165) is 29.8 Å². The summed E-state index contributed by atoms with van der Waals surface area (Å²) in [6.45, 7) is 0.726. The maximum absolute atomic E-state index is 12.4. The van der Waals surface area contributed by atoms with Gasteiger partial charge in [0.15, 0.2) is 0 Å². The molecule has 0 radical (unpaired) electrons. The monoisotopic (exact) mass is 312 g/mol. The molecule has 0 unspecified atom stereocenters. The summed E-state index contributed by atoms with van der Waals surface area (Å²) in [6.07, 6.45) is 1.21. The molecule has 2 aliphatic rings. The lowest BCUT2D eigenvalue weighted by Crippen LogP contribution is -2.24. The van der Waals surface area contributed by atoms with Crippen LogP contribution in [0.1, 0.15) is 21.5 Å². The minimum absolute atomic E-state index is 0.129. The predicted octanol–water partition coefficient (Wildman–Crippen LogP) is 3.04. The molecular weight excluding hydrogens is 300 g/mol. The number of benzene rings is 2. The van der Waals surface area contributed by atoms with Gasteiger partial charge in [-0.15, -0.1) is 0 Å². The lowest BCUT2D eigenvalue weighted by Gasteiger charge is -2.10. The molecule has 0 bridgehead atoms. The highest BCUT2D eigenvalue weighted by molar-refractivity contribution is 6.30. The Labute approximate surface area is 132 Å². The third-order valence-corrected chi connectivity index (χ3v) is 4.40. The second-order valence-electron chi connectivity index (χ2n) is 5.58. The van der Waals surface area contributed by atoms with Gasteiger partial charge in [0, 0.05) is 22.8 Å². The molecule has 0 aromatic heterocycles. The number of carbonyl (C=O) groups excluding carboxylic acids is 2. The van der Waals surface area contributed by atoms with E-state index in [-0.39, 0.29) is 11.8 Å². The Morgan fingerprint density at radius 3 is 2.64 bits per heavy atom. The van der Waals surface area contributed by atoms with Gasteiger partial charge in [-0.05, 0) is 53.9 Å². The molecule has 2 aliphatic heterocycles. The van der Waals surface area contributed by atoms with Crippen LogP contribution in [-0.4, -0.2) is 18.4 Å². The molecule has 0 saturated heterocycles. The van der Waals surface area contributed by atoms with E-state index < -0.39 is 0 Å². The maximum atomic E-state index is 12.4. The molecule has 4 rings (SSSR count). The second-order valence-corrected chi connectivity index (χ2v) is 6.01. The van der Waals surface area contributed by atoms with E-state index in [1.54, 1.807) is 24.3 Å². The quantitative estimate of drug-likeness (QED) is 0.926. The van der Waals surface area contributed by atoms with E-state index in [9.17, 15) is 9.59 Å². The van der Waals surface area contributed by atoms with Crippen LogP contribution < -0.4 is 10.2 Å². The summed E-state index contributed by atoms with van der Waals surface area (Å²) >= 11 is 5.84. The fourth-order valence-corrected chi connectivity index (χ4v) is 3.28. The fraction of sp³-hybridized carbons (Fsp3) is 0.176. The van der Waals surface area contributed by atoms with Gasteiger partial charge in [-0.2, -0.15) is 0 Å². The van der Waals surface area contributed by atoms with Crippen LogP contribution in [0.4, 0.5) is 11.4 Å². The Kier molecular flexibility index (Phi) is 2.94. The summed E-state index contributed by atoms with van der Waals surface area (Å²) in [5, 5.41) is 3.48. The molecule has 2 aromatic carbocycles. The van der Waals surface area contributed by atoms with E-state index in [1.807, 2.05) is 17.0 Å². The summed E-state index contributed by atoms with van der Waals surface area (Å²) < 4.78 is 0. The van der Waals surface area contributed by atoms with Crippen molar-refractivity contribution in [1.29, 1.82) is 0 Å². The molecule has 0 saturated carbocycles. The normalized spacial score (nSPS) is 15.1. The molecule has 4 nitrogen and oxygen atoms in total. The van der Waals surface area contributed by atoms with Gasteiger partial charge in [-0.3, -0.25) is 9.59 Å². The molecule has 0 fully saturated rings. The molecule has 2 heterocycles. The van der Waals surface area contributed by atoms with Crippen LogP contribution in [-0.2, 0) is 17.6 Å². The molecule has 0 aliphatic carbocycles. The molecule has 110 valence electrons. The van der Waals surface area contributed by atoms with Crippen LogP contribution in [0.15, 0.2) is 36.4 Å². The van der Waals surface area contributed by atoms with Gasteiger partial charge >= 0.3 is 0 Å². The maximum Gasteiger partial charge on any atom is 0.255 e. The average Bonchev–Trinajstić information content (AvgIpc) is 3.07. The van der Waals surface area contributed by atoms with Crippen molar-refractivity contribution in [2.45, 2.75) is 12.8 Å². The number of carbonyl (C=O) groups is 2. The largest absolute Gasteiger partial charge is 0.322 e. The van der Waals surface area contributed by atoms with Crippen LogP contribution in [0.5, 0.6) is 0 Å². The van der Waals surface area contributed by atoms with E-state index >= 15 is 0 Å². The van der Waals surface area contributed by atoms with Gasteiger partial charge < -0.3 is 10.2 Å².